The molecule has 0 fully saturated rings. The zero-order valence-electron chi connectivity index (χ0n) is 19.5. The molecule has 0 aliphatic rings. The van der Waals surface area contributed by atoms with E-state index in [1.807, 2.05) is 45.9 Å². The highest BCUT2D eigenvalue weighted by Crippen LogP contribution is 2.17. The van der Waals surface area contributed by atoms with E-state index in [-0.39, 0.29) is 17.4 Å². The minimum atomic E-state index is -0.463. The van der Waals surface area contributed by atoms with Crippen LogP contribution in [0, 0.1) is 6.92 Å². The maximum Gasteiger partial charge on any atom is 0.243 e. The van der Waals surface area contributed by atoms with Gasteiger partial charge in [0, 0.05) is 17.8 Å². The van der Waals surface area contributed by atoms with Gasteiger partial charge in [-0.2, -0.15) is 0 Å². The second kappa shape index (κ2) is 11.9. The third-order valence-corrected chi connectivity index (χ3v) is 5.97. The van der Waals surface area contributed by atoms with Gasteiger partial charge >= 0.3 is 0 Å². The standard InChI is InChI=1S/C26H36N2O2S/c1-6-23(25(30)27-26(3,4)5)28(17-16-21-10-8-7-9-11-21)24(29)19-31-18-22-14-12-20(2)13-15-22/h7-15,23H,6,16-19H2,1-5H3,(H,27,30)/t23-/m1/s1. The number of carbonyl (C=O) groups excluding carboxylic acids is 2. The minimum Gasteiger partial charge on any atom is -0.350 e. The van der Waals surface area contributed by atoms with Crippen molar-refractivity contribution in [1.82, 2.24) is 10.2 Å². The Morgan fingerprint density at radius 2 is 1.65 bits per heavy atom. The molecule has 2 amide bonds. The predicted molar refractivity (Wildman–Crippen MR) is 131 cm³/mol. The number of benzene rings is 2. The summed E-state index contributed by atoms with van der Waals surface area (Å²) in [6, 6.07) is 18.0. The summed E-state index contributed by atoms with van der Waals surface area (Å²) < 4.78 is 0. The molecule has 2 aromatic carbocycles. The van der Waals surface area contributed by atoms with E-state index in [1.54, 1.807) is 16.7 Å². The van der Waals surface area contributed by atoms with E-state index in [4.69, 9.17) is 0 Å². The Morgan fingerprint density at radius 1 is 1.00 bits per heavy atom. The lowest BCUT2D eigenvalue weighted by Gasteiger charge is -2.33. The molecule has 0 aromatic heterocycles. The smallest absolute Gasteiger partial charge is 0.243 e. The third kappa shape index (κ3) is 8.78. The number of carbonyl (C=O) groups is 2. The predicted octanol–water partition coefficient (Wildman–Crippen LogP) is 4.99. The number of hydrogen-bond donors (Lipinski definition) is 1. The van der Waals surface area contributed by atoms with Gasteiger partial charge < -0.3 is 10.2 Å². The van der Waals surface area contributed by atoms with Crippen molar-refractivity contribution in [3.05, 3.63) is 71.3 Å². The molecule has 0 bridgehead atoms. The molecular weight excluding hydrogens is 404 g/mol. The zero-order chi connectivity index (χ0) is 22.9. The van der Waals surface area contributed by atoms with Gasteiger partial charge in [-0.25, -0.2) is 0 Å². The highest BCUT2D eigenvalue weighted by molar-refractivity contribution is 7.99. The lowest BCUT2D eigenvalue weighted by atomic mass is 10.1. The van der Waals surface area contributed by atoms with Crippen LogP contribution in [0.1, 0.15) is 50.8 Å². The maximum atomic E-state index is 13.2. The highest BCUT2D eigenvalue weighted by atomic mass is 32.2. The molecule has 168 valence electrons. The third-order valence-electron chi connectivity index (χ3n) is 4.98. The lowest BCUT2D eigenvalue weighted by Crippen LogP contribution is -2.54. The molecule has 2 aromatic rings. The van der Waals surface area contributed by atoms with Crippen molar-refractivity contribution >= 4 is 23.6 Å². The van der Waals surface area contributed by atoms with Crippen molar-refractivity contribution in [1.29, 1.82) is 0 Å². The molecule has 0 saturated heterocycles. The fraction of sp³-hybridized carbons (Fsp3) is 0.462. The van der Waals surface area contributed by atoms with Crippen LogP contribution in [0.3, 0.4) is 0 Å². The van der Waals surface area contributed by atoms with E-state index in [9.17, 15) is 9.59 Å². The number of rotatable bonds is 10. The average Bonchev–Trinajstić information content (AvgIpc) is 2.71. The van der Waals surface area contributed by atoms with Crippen LogP contribution in [0.5, 0.6) is 0 Å². The van der Waals surface area contributed by atoms with Crippen molar-refractivity contribution in [2.75, 3.05) is 12.3 Å². The molecule has 1 atom stereocenters. The van der Waals surface area contributed by atoms with Crippen LogP contribution >= 0.6 is 11.8 Å². The van der Waals surface area contributed by atoms with Crippen LogP contribution in [0.4, 0.5) is 0 Å². The molecule has 0 spiro atoms. The van der Waals surface area contributed by atoms with E-state index in [2.05, 4.69) is 48.6 Å². The van der Waals surface area contributed by atoms with Crippen LogP contribution in [0.15, 0.2) is 54.6 Å². The van der Waals surface area contributed by atoms with Crippen LogP contribution in [0.25, 0.3) is 0 Å². The Hall–Kier alpha value is -2.27. The SMILES string of the molecule is CC[C@H](C(=O)NC(C)(C)C)N(CCc1ccccc1)C(=O)CSCc1ccc(C)cc1. The van der Waals surface area contributed by atoms with Gasteiger partial charge in [0.15, 0.2) is 0 Å². The number of nitrogens with zero attached hydrogens (tertiary/aromatic N) is 1. The summed E-state index contributed by atoms with van der Waals surface area (Å²) in [4.78, 5) is 27.9. The monoisotopic (exact) mass is 440 g/mol. The first-order chi connectivity index (χ1) is 14.7. The number of nitrogens with one attached hydrogen (secondary N) is 1. The molecule has 0 radical (unpaired) electrons. The first-order valence-corrected chi connectivity index (χ1v) is 12.1. The molecule has 0 heterocycles. The first-order valence-electron chi connectivity index (χ1n) is 11.0. The minimum absolute atomic E-state index is 0.0175. The van der Waals surface area contributed by atoms with Crippen LogP contribution in [0.2, 0.25) is 0 Å². The normalized spacial score (nSPS) is 12.3. The second-order valence-electron chi connectivity index (χ2n) is 8.96. The molecule has 0 aliphatic heterocycles. The number of hydrogen-bond acceptors (Lipinski definition) is 3. The summed E-state index contributed by atoms with van der Waals surface area (Å²) in [7, 11) is 0. The Kier molecular flexibility index (Phi) is 9.63. The van der Waals surface area contributed by atoms with Gasteiger partial charge in [-0.05, 0) is 51.7 Å². The quantitative estimate of drug-likeness (QED) is 0.566. The van der Waals surface area contributed by atoms with Crippen LogP contribution in [-0.2, 0) is 21.8 Å². The van der Waals surface area contributed by atoms with Gasteiger partial charge in [0.1, 0.15) is 6.04 Å². The van der Waals surface area contributed by atoms with E-state index in [0.29, 0.717) is 18.7 Å². The summed E-state index contributed by atoms with van der Waals surface area (Å²) in [5.74, 6) is 1.08. The molecule has 4 nitrogen and oxygen atoms in total. The van der Waals surface area contributed by atoms with Crippen LogP contribution < -0.4 is 5.32 Å². The molecule has 5 heteroatoms. The van der Waals surface area contributed by atoms with Crippen molar-refractivity contribution in [3.8, 4) is 0 Å². The molecule has 0 aliphatic carbocycles. The van der Waals surface area contributed by atoms with Gasteiger partial charge in [0.05, 0.1) is 5.75 Å². The Labute approximate surface area is 191 Å². The topological polar surface area (TPSA) is 49.4 Å². The second-order valence-corrected chi connectivity index (χ2v) is 9.95. The molecule has 0 saturated carbocycles. The van der Waals surface area contributed by atoms with E-state index in [1.165, 1.54) is 16.7 Å². The van der Waals surface area contributed by atoms with Crippen molar-refractivity contribution in [3.63, 3.8) is 0 Å². The van der Waals surface area contributed by atoms with Crippen LogP contribution in [-0.4, -0.2) is 40.6 Å². The Morgan fingerprint density at radius 3 is 2.23 bits per heavy atom. The Balaban J connectivity index is 2.07. The van der Waals surface area contributed by atoms with Crippen molar-refractivity contribution in [2.45, 2.75) is 64.8 Å². The summed E-state index contributed by atoms with van der Waals surface area (Å²) >= 11 is 1.60. The summed E-state index contributed by atoms with van der Waals surface area (Å²) in [6.07, 6.45) is 1.32. The lowest BCUT2D eigenvalue weighted by molar-refractivity contribution is -0.139. The zero-order valence-corrected chi connectivity index (χ0v) is 20.3. The molecular formula is C26H36N2O2S. The van der Waals surface area contributed by atoms with Gasteiger partial charge in [0.2, 0.25) is 11.8 Å². The van der Waals surface area contributed by atoms with Crippen molar-refractivity contribution < 1.29 is 9.59 Å². The summed E-state index contributed by atoms with van der Waals surface area (Å²) in [5.41, 5.74) is 3.27. The van der Waals surface area contributed by atoms with Gasteiger partial charge in [0.25, 0.3) is 0 Å². The average molecular weight is 441 g/mol. The van der Waals surface area contributed by atoms with E-state index >= 15 is 0 Å². The summed E-state index contributed by atoms with van der Waals surface area (Å²) in [6.45, 7) is 10.5. The van der Waals surface area contributed by atoms with Crippen molar-refractivity contribution in [2.24, 2.45) is 0 Å². The molecule has 0 unspecified atom stereocenters. The van der Waals surface area contributed by atoms with Gasteiger partial charge in [-0.3, -0.25) is 9.59 Å². The fourth-order valence-electron chi connectivity index (χ4n) is 3.37. The first kappa shape index (κ1) is 25.0. The number of amides is 2. The van der Waals surface area contributed by atoms with E-state index in [0.717, 1.165) is 12.2 Å². The molecule has 1 N–H and O–H groups in total. The van der Waals surface area contributed by atoms with E-state index < -0.39 is 6.04 Å². The van der Waals surface area contributed by atoms with Gasteiger partial charge in [-0.15, -0.1) is 11.8 Å². The maximum absolute atomic E-state index is 13.2. The summed E-state index contributed by atoms with van der Waals surface area (Å²) in [5, 5.41) is 3.05. The molecule has 31 heavy (non-hydrogen) atoms. The molecule has 2 rings (SSSR count). The fourth-order valence-corrected chi connectivity index (χ4v) is 4.24. The number of aryl methyl sites for hydroxylation is 1. The van der Waals surface area contributed by atoms with Gasteiger partial charge in [-0.1, -0.05) is 67.1 Å². The largest absolute Gasteiger partial charge is 0.350 e. The Bertz CT molecular complexity index is 829. The number of thioether (sulfide) groups is 1. The highest BCUT2D eigenvalue weighted by Gasteiger charge is 2.30.